The molecule has 2 rings (SSSR count). The lowest BCUT2D eigenvalue weighted by Crippen LogP contribution is -2.26. The van der Waals surface area contributed by atoms with Gasteiger partial charge >= 0.3 is 4.87 Å². The maximum Gasteiger partial charge on any atom is 0.304 e. The van der Waals surface area contributed by atoms with Crippen LogP contribution in [0.5, 0.6) is 0 Å². The van der Waals surface area contributed by atoms with Crippen molar-refractivity contribution in [2.24, 2.45) is 0 Å². The molecular weight excluding hydrogens is 310 g/mol. The van der Waals surface area contributed by atoms with E-state index >= 15 is 0 Å². The second-order valence-electron chi connectivity index (χ2n) is 4.86. The van der Waals surface area contributed by atoms with Gasteiger partial charge in [0.15, 0.2) is 0 Å². The predicted octanol–water partition coefficient (Wildman–Crippen LogP) is 1.42. The van der Waals surface area contributed by atoms with E-state index in [9.17, 15) is 13.2 Å². The number of hydrogen-bond acceptors (Lipinski definition) is 5. The van der Waals surface area contributed by atoms with Crippen LogP contribution in [0, 0.1) is 20.8 Å². The Labute approximate surface area is 127 Å². The molecule has 8 heteroatoms. The molecule has 0 spiro atoms. The first-order valence-electron chi connectivity index (χ1n) is 6.25. The Kier molecular flexibility index (Phi) is 4.22. The average Bonchev–Trinajstić information content (AvgIpc) is 2.80. The molecule has 0 saturated carbocycles. The van der Waals surface area contributed by atoms with Crippen LogP contribution in [0.25, 0.3) is 0 Å². The second kappa shape index (κ2) is 5.63. The van der Waals surface area contributed by atoms with E-state index in [0.29, 0.717) is 22.5 Å². The van der Waals surface area contributed by atoms with Crippen LogP contribution < -0.4 is 15.3 Å². The number of thiazole rings is 1. The summed E-state index contributed by atoms with van der Waals surface area (Å²) in [5, 5.41) is 1.59. The molecule has 0 aliphatic carbocycles. The summed E-state index contributed by atoms with van der Waals surface area (Å²) in [5.41, 5.74) is 8.87. The fraction of sp³-hybridized carbons (Fsp3) is 0.308. The van der Waals surface area contributed by atoms with Crippen molar-refractivity contribution in [3.05, 3.63) is 43.5 Å². The number of rotatable bonds is 4. The van der Waals surface area contributed by atoms with E-state index in [2.05, 4.69) is 9.71 Å². The quantitative estimate of drug-likeness (QED) is 0.739. The van der Waals surface area contributed by atoms with Gasteiger partial charge in [-0.25, -0.2) is 13.1 Å². The summed E-state index contributed by atoms with van der Waals surface area (Å²) in [5.74, 6) is 0. The highest BCUT2D eigenvalue weighted by Crippen LogP contribution is 2.27. The van der Waals surface area contributed by atoms with Gasteiger partial charge in [0.05, 0.1) is 11.4 Å². The molecule has 0 atom stereocenters. The molecule has 0 aliphatic heterocycles. The van der Waals surface area contributed by atoms with Crippen molar-refractivity contribution >= 4 is 27.0 Å². The topological polar surface area (TPSA) is 105 Å². The average molecular weight is 327 g/mol. The number of nitrogens with two attached hydrogens (primary N) is 1. The van der Waals surface area contributed by atoms with Crippen molar-refractivity contribution in [2.45, 2.75) is 32.2 Å². The fourth-order valence-electron chi connectivity index (χ4n) is 2.09. The molecule has 0 amide bonds. The third-order valence-corrected chi connectivity index (χ3v) is 5.76. The molecule has 0 unspecified atom stereocenters. The van der Waals surface area contributed by atoms with Crippen molar-refractivity contribution in [2.75, 3.05) is 5.73 Å². The molecule has 0 aliphatic rings. The van der Waals surface area contributed by atoms with Gasteiger partial charge in [0.25, 0.3) is 0 Å². The van der Waals surface area contributed by atoms with E-state index in [1.54, 1.807) is 25.3 Å². The molecule has 6 nitrogen and oxygen atoms in total. The number of aromatic nitrogens is 1. The molecule has 114 valence electrons. The van der Waals surface area contributed by atoms with Gasteiger partial charge in [0.2, 0.25) is 10.0 Å². The van der Waals surface area contributed by atoms with Crippen molar-refractivity contribution in [3.63, 3.8) is 0 Å². The number of nitrogen functional groups attached to an aromatic ring is 1. The largest absolute Gasteiger partial charge is 0.398 e. The third kappa shape index (κ3) is 3.17. The Morgan fingerprint density at radius 2 is 1.95 bits per heavy atom. The molecule has 1 aromatic carbocycles. The van der Waals surface area contributed by atoms with Gasteiger partial charge in [0.1, 0.15) is 0 Å². The molecule has 1 aromatic heterocycles. The second-order valence-corrected chi connectivity index (χ2v) is 7.41. The van der Waals surface area contributed by atoms with E-state index in [4.69, 9.17) is 5.73 Å². The zero-order valence-corrected chi connectivity index (χ0v) is 13.6. The molecule has 0 saturated heterocycles. The number of nitrogens with one attached hydrogen (secondary N) is 2. The predicted molar refractivity (Wildman–Crippen MR) is 84.0 cm³/mol. The van der Waals surface area contributed by atoms with Gasteiger partial charge in [-0.3, -0.25) is 4.79 Å². The minimum atomic E-state index is -3.70. The van der Waals surface area contributed by atoms with Crippen LogP contribution in [0.1, 0.15) is 22.4 Å². The van der Waals surface area contributed by atoms with Crippen LogP contribution in [0.4, 0.5) is 5.69 Å². The van der Waals surface area contributed by atoms with E-state index in [1.165, 1.54) is 0 Å². The van der Waals surface area contributed by atoms with Crippen molar-refractivity contribution in [3.8, 4) is 0 Å². The lowest BCUT2D eigenvalue weighted by atomic mass is 10.1. The summed E-state index contributed by atoms with van der Waals surface area (Å²) in [7, 11) is -3.70. The van der Waals surface area contributed by atoms with Gasteiger partial charge < -0.3 is 10.7 Å². The highest BCUT2D eigenvalue weighted by Gasteiger charge is 2.22. The van der Waals surface area contributed by atoms with Gasteiger partial charge in [-0.05, 0) is 43.5 Å². The van der Waals surface area contributed by atoms with Crippen LogP contribution >= 0.6 is 11.3 Å². The molecule has 21 heavy (non-hydrogen) atoms. The van der Waals surface area contributed by atoms with Crippen molar-refractivity contribution in [1.29, 1.82) is 0 Å². The number of sulfonamides is 1. The summed E-state index contributed by atoms with van der Waals surface area (Å²) in [6, 6.07) is 1.76. The monoisotopic (exact) mass is 327 g/mol. The SMILES string of the molecule is Cc1cc(N)c(C)c(S(=O)(=O)NCc2csc(=O)[nH]2)c1C. The van der Waals surface area contributed by atoms with Gasteiger partial charge in [0, 0.05) is 16.8 Å². The smallest absolute Gasteiger partial charge is 0.304 e. The summed E-state index contributed by atoms with van der Waals surface area (Å²) < 4.78 is 27.5. The van der Waals surface area contributed by atoms with Gasteiger partial charge in [-0.2, -0.15) is 0 Å². The lowest BCUT2D eigenvalue weighted by Gasteiger charge is -2.15. The maximum atomic E-state index is 12.5. The molecule has 0 bridgehead atoms. The number of aryl methyl sites for hydroxylation is 1. The Bertz CT molecular complexity index is 809. The minimum Gasteiger partial charge on any atom is -0.398 e. The van der Waals surface area contributed by atoms with Crippen LogP contribution in [-0.2, 0) is 16.6 Å². The van der Waals surface area contributed by atoms with Crippen LogP contribution in [-0.4, -0.2) is 13.4 Å². The Balaban J connectivity index is 2.38. The number of hydrogen-bond donors (Lipinski definition) is 3. The lowest BCUT2D eigenvalue weighted by molar-refractivity contribution is 0.579. The summed E-state index contributed by atoms with van der Waals surface area (Å²) in [4.78, 5) is 13.6. The number of aromatic amines is 1. The number of anilines is 1. The van der Waals surface area contributed by atoms with Crippen LogP contribution in [0.2, 0.25) is 0 Å². The number of H-pyrrole nitrogens is 1. The molecule has 4 N–H and O–H groups in total. The Morgan fingerprint density at radius 3 is 2.52 bits per heavy atom. The zero-order valence-electron chi connectivity index (χ0n) is 12.0. The first-order valence-corrected chi connectivity index (χ1v) is 8.61. The standard InChI is InChI=1S/C13H17N3O3S2/c1-7-4-11(14)9(3)12(8(7)2)21(18,19)15-5-10-6-20-13(17)16-10/h4,6,15H,5,14H2,1-3H3,(H,16,17). The minimum absolute atomic E-state index is 0.0355. The Hall–Kier alpha value is -1.64. The highest BCUT2D eigenvalue weighted by atomic mass is 32.2. The first kappa shape index (κ1) is 15.7. The van der Waals surface area contributed by atoms with Gasteiger partial charge in [-0.15, -0.1) is 0 Å². The molecular formula is C13H17N3O3S2. The van der Waals surface area contributed by atoms with E-state index < -0.39 is 10.0 Å². The normalized spacial score (nSPS) is 11.8. The Morgan fingerprint density at radius 1 is 1.29 bits per heavy atom. The summed E-state index contributed by atoms with van der Waals surface area (Å²) >= 11 is 0.996. The van der Waals surface area contributed by atoms with E-state index in [0.717, 1.165) is 16.9 Å². The van der Waals surface area contributed by atoms with E-state index in [1.807, 2.05) is 6.92 Å². The van der Waals surface area contributed by atoms with Crippen molar-refractivity contribution in [1.82, 2.24) is 9.71 Å². The molecule has 0 radical (unpaired) electrons. The van der Waals surface area contributed by atoms with Crippen LogP contribution in [0.15, 0.2) is 21.1 Å². The van der Waals surface area contributed by atoms with Gasteiger partial charge in [-0.1, -0.05) is 11.3 Å². The van der Waals surface area contributed by atoms with E-state index in [-0.39, 0.29) is 16.3 Å². The molecule has 2 aromatic rings. The summed E-state index contributed by atoms with van der Waals surface area (Å²) in [6.07, 6.45) is 0. The molecule has 1 heterocycles. The number of benzene rings is 1. The first-order chi connectivity index (χ1) is 9.72. The summed E-state index contributed by atoms with van der Waals surface area (Å²) in [6.45, 7) is 5.29. The zero-order chi connectivity index (χ0) is 15.8. The fourth-order valence-corrected chi connectivity index (χ4v) is 4.25. The van der Waals surface area contributed by atoms with Crippen molar-refractivity contribution < 1.29 is 8.42 Å². The molecule has 0 fully saturated rings. The maximum absolute atomic E-state index is 12.5. The van der Waals surface area contributed by atoms with Crippen LogP contribution in [0.3, 0.4) is 0 Å². The third-order valence-electron chi connectivity index (χ3n) is 3.37. The highest BCUT2D eigenvalue weighted by molar-refractivity contribution is 7.89.